The molecular formula is C16H25N3O. The number of benzene rings is 1. The van der Waals surface area contributed by atoms with Crippen LogP contribution in [0.25, 0.3) is 0 Å². The van der Waals surface area contributed by atoms with Crippen molar-refractivity contribution in [3.63, 3.8) is 0 Å². The van der Waals surface area contributed by atoms with Gasteiger partial charge >= 0.3 is 0 Å². The molecule has 4 nitrogen and oxygen atoms in total. The lowest BCUT2D eigenvalue weighted by molar-refractivity contribution is 0.0816. The summed E-state index contributed by atoms with van der Waals surface area (Å²) in [5.41, 5.74) is 8.67. The number of hydrogen-bond donors (Lipinski definition) is 3. The summed E-state index contributed by atoms with van der Waals surface area (Å²) in [7, 11) is 0. The van der Waals surface area contributed by atoms with Crippen molar-refractivity contribution in [2.45, 2.75) is 32.2 Å². The zero-order chi connectivity index (χ0) is 14.1. The summed E-state index contributed by atoms with van der Waals surface area (Å²) >= 11 is 0. The Balaban J connectivity index is 1.98. The van der Waals surface area contributed by atoms with Gasteiger partial charge in [-0.2, -0.15) is 0 Å². The second kappa shape index (κ2) is 5.62. The molecule has 2 aliphatic rings. The molecule has 110 valence electrons. The van der Waals surface area contributed by atoms with Gasteiger partial charge in [-0.1, -0.05) is 12.5 Å². The van der Waals surface area contributed by atoms with Gasteiger partial charge in [0, 0.05) is 37.8 Å². The summed E-state index contributed by atoms with van der Waals surface area (Å²) in [6.45, 7) is 6.25. The predicted octanol–water partition coefficient (Wildman–Crippen LogP) is 2.03. The molecule has 4 heteroatoms. The summed E-state index contributed by atoms with van der Waals surface area (Å²) in [5, 5.41) is 13.9. The monoisotopic (exact) mass is 275 g/mol. The molecule has 1 saturated heterocycles. The van der Waals surface area contributed by atoms with Crippen LogP contribution < -0.4 is 11.1 Å². The van der Waals surface area contributed by atoms with E-state index in [1.807, 2.05) is 12.1 Å². The van der Waals surface area contributed by atoms with E-state index in [1.54, 1.807) is 0 Å². The Bertz CT molecular complexity index is 479. The van der Waals surface area contributed by atoms with Gasteiger partial charge in [0.05, 0.1) is 5.69 Å². The Labute approximate surface area is 121 Å². The predicted molar refractivity (Wildman–Crippen MR) is 81.8 cm³/mol. The minimum atomic E-state index is 0.306. The van der Waals surface area contributed by atoms with E-state index in [0.717, 1.165) is 37.3 Å². The minimum Gasteiger partial charge on any atom is -0.505 e. The molecule has 20 heavy (non-hydrogen) atoms. The van der Waals surface area contributed by atoms with Gasteiger partial charge in [-0.3, -0.25) is 4.90 Å². The lowest BCUT2D eigenvalue weighted by atomic mass is 9.75. The molecule has 1 atom stereocenters. The van der Waals surface area contributed by atoms with E-state index in [-0.39, 0.29) is 0 Å². The first-order valence-corrected chi connectivity index (χ1v) is 7.71. The number of anilines is 1. The van der Waals surface area contributed by atoms with Crippen LogP contribution in [-0.2, 0) is 0 Å². The van der Waals surface area contributed by atoms with E-state index in [4.69, 9.17) is 5.73 Å². The molecule has 0 amide bonds. The number of rotatable bonds is 3. The van der Waals surface area contributed by atoms with Crippen molar-refractivity contribution in [1.82, 2.24) is 10.2 Å². The first-order chi connectivity index (χ1) is 9.68. The second-order valence-corrected chi connectivity index (χ2v) is 6.16. The number of hydrogen-bond acceptors (Lipinski definition) is 4. The highest BCUT2D eigenvalue weighted by atomic mass is 16.3. The third-order valence-corrected chi connectivity index (χ3v) is 4.90. The van der Waals surface area contributed by atoms with Crippen molar-refractivity contribution >= 4 is 5.69 Å². The van der Waals surface area contributed by atoms with Crippen molar-refractivity contribution in [3.8, 4) is 5.75 Å². The topological polar surface area (TPSA) is 61.5 Å². The van der Waals surface area contributed by atoms with Crippen molar-refractivity contribution < 1.29 is 5.11 Å². The fraction of sp³-hybridized carbons (Fsp3) is 0.625. The van der Waals surface area contributed by atoms with E-state index >= 15 is 0 Å². The summed E-state index contributed by atoms with van der Waals surface area (Å²) < 4.78 is 0. The maximum absolute atomic E-state index is 10.5. The summed E-state index contributed by atoms with van der Waals surface area (Å²) in [6, 6.07) is 4.18. The average molecular weight is 275 g/mol. The van der Waals surface area contributed by atoms with Crippen molar-refractivity contribution in [3.05, 3.63) is 23.3 Å². The largest absolute Gasteiger partial charge is 0.505 e. The number of nitrogen functional groups attached to an aromatic ring is 1. The lowest BCUT2D eigenvalue weighted by Crippen LogP contribution is -2.48. The maximum Gasteiger partial charge on any atom is 0.143 e. The standard InChI is InChI=1S/C16H25N3O/c1-11-5-6-13(17)16(20)14(11)15(12-3-2-4-12)19-9-7-18-8-10-19/h5-6,12,15,18,20H,2-4,7-10,17H2,1H3/t15-/m1/s1. The van der Waals surface area contributed by atoms with Gasteiger partial charge in [0.25, 0.3) is 0 Å². The van der Waals surface area contributed by atoms with Gasteiger partial charge in [0.2, 0.25) is 0 Å². The molecule has 0 aromatic heterocycles. The summed E-state index contributed by atoms with van der Waals surface area (Å²) in [4.78, 5) is 2.53. The number of phenols is 1. The van der Waals surface area contributed by atoms with Crippen LogP contribution in [0.4, 0.5) is 5.69 Å². The number of phenolic OH excluding ortho intramolecular Hbond substituents is 1. The molecule has 4 N–H and O–H groups in total. The van der Waals surface area contributed by atoms with Crippen molar-refractivity contribution in [1.29, 1.82) is 0 Å². The highest BCUT2D eigenvalue weighted by Gasteiger charge is 2.36. The van der Waals surface area contributed by atoms with Crippen LogP contribution in [0.15, 0.2) is 12.1 Å². The SMILES string of the molecule is Cc1ccc(N)c(O)c1[C@@H](C1CCC1)N1CCNCC1. The first kappa shape index (κ1) is 13.7. The molecule has 1 saturated carbocycles. The van der Waals surface area contributed by atoms with Crippen LogP contribution >= 0.6 is 0 Å². The van der Waals surface area contributed by atoms with Gasteiger partial charge in [-0.25, -0.2) is 0 Å². The Morgan fingerprint density at radius 1 is 1.30 bits per heavy atom. The molecule has 3 rings (SSSR count). The van der Waals surface area contributed by atoms with Crippen molar-refractivity contribution in [2.75, 3.05) is 31.9 Å². The molecule has 1 heterocycles. The highest BCUT2D eigenvalue weighted by molar-refractivity contribution is 5.59. The molecule has 1 aromatic carbocycles. The Morgan fingerprint density at radius 2 is 2.00 bits per heavy atom. The number of nitrogens with one attached hydrogen (secondary N) is 1. The number of aromatic hydroxyl groups is 1. The van der Waals surface area contributed by atoms with E-state index in [2.05, 4.69) is 17.1 Å². The smallest absolute Gasteiger partial charge is 0.143 e. The van der Waals surface area contributed by atoms with E-state index in [0.29, 0.717) is 23.4 Å². The maximum atomic E-state index is 10.5. The third kappa shape index (κ3) is 2.38. The average Bonchev–Trinajstić information content (AvgIpc) is 2.41. The molecule has 1 aliphatic heterocycles. The summed E-state index contributed by atoms with van der Waals surface area (Å²) in [5.74, 6) is 0.972. The Kier molecular flexibility index (Phi) is 3.85. The van der Waals surface area contributed by atoms with Crippen LogP contribution in [0.5, 0.6) is 5.75 Å². The lowest BCUT2D eigenvalue weighted by Gasteiger charge is -2.44. The van der Waals surface area contributed by atoms with Crippen LogP contribution in [0.3, 0.4) is 0 Å². The number of nitrogens with two attached hydrogens (primary N) is 1. The minimum absolute atomic E-state index is 0.306. The molecule has 0 radical (unpaired) electrons. The number of aryl methyl sites for hydroxylation is 1. The molecule has 1 aliphatic carbocycles. The van der Waals surface area contributed by atoms with Gasteiger partial charge < -0.3 is 16.2 Å². The molecule has 0 unspecified atom stereocenters. The Hall–Kier alpha value is -1.26. The van der Waals surface area contributed by atoms with E-state index in [9.17, 15) is 5.11 Å². The molecule has 0 bridgehead atoms. The quantitative estimate of drug-likeness (QED) is 0.583. The van der Waals surface area contributed by atoms with Gasteiger partial charge in [-0.05, 0) is 37.3 Å². The van der Waals surface area contributed by atoms with Gasteiger partial charge in [-0.15, -0.1) is 0 Å². The van der Waals surface area contributed by atoms with Crippen LogP contribution in [-0.4, -0.2) is 36.2 Å². The zero-order valence-electron chi connectivity index (χ0n) is 12.2. The molecule has 1 aromatic rings. The van der Waals surface area contributed by atoms with E-state index in [1.165, 1.54) is 19.3 Å². The summed E-state index contributed by atoms with van der Waals surface area (Å²) in [6.07, 6.45) is 3.85. The molecule has 0 spiro atoms. The highest BCUT2D eigenvalue weighted by Crippen LogP contribution is 2.46. The van der Waals surface area contributed by atoms with E-state index < -0.39 is 0 Å². The Morgan fingerprint density at radius 3 is 2.60 bits per heavy atom. The zero-order valence-corrected chi connectivity index (χ0v) is 12.2. The fourth-order valence-electron chi connectivity index (χ4n) is 3.53. The number of piperazine rings is 1. The van der Waals surface area contributed by atoms with Gasteiger partial charge in [0.15, 0.2) is 0 Å². The first-order valence-electron chi connectivity index (χ1n) is 7.71. The second-order valence-electron chi connectivity index (χ2n) is 6.16. The molecule has 2 fully saturated rings. The van der Waals surface area contributed by atoms with Crippen LogP contribution in [0.2, 0.25) is 0 Å². The van der Waals surface area contributed by atoms with Crippen LogP contribution in [0, 0.1) is 12.8 Å². The third-order valence-electron chi connectivity index (χ3n) is 4.90. The normalized spacial score (nSPS) is 22.4. The van der Waals surface area contributed by atoms with Crippen LogP contribution in [0.1, 0.15) is 36.4 Å². The van der Waals surface area contributed by atoms with Crippen molar-refractivity contribution in [2.24, 2.45) is 5.92 Å². The molecular weight excluding hydrogens is 250 g/mol. The fourth-order valence-corrected chi connectivity index (χ4v) is 3.53. The number of nitrogens with zero attached hydrogens (tertiary/aromatic N) is 1. The van der Waals surface area contributed by atoms with Gasteiger partial charge in [0.1, 0.15) is 5.75 Å².